The first kappa shape index (κ1) is 15.3. The maximum Gasteiger partial charge on any atom is 0.118 e. The van der Waals surface area contributed by atoms with Crippen molar-refractivity contribution in [2.75, 3.05) is 6.61 Å². The van der Waals surface area contributed by atoms with E-state index in [1.807, 2.05) is 25.1 Å². The third kappa shape index (κ3) is 3.12. The topological polar surface area (TPSA) is 58.3 Å². The highest BCUT2D eigenvalue weighted by molar-refractivity contribution is 5.70. The molecule has 1 heterocycles. The van der Waals surface area contributed by atoms with Gasteiger partial charge in [0.2, 0.25) is 0 Å². The molecule has 0 atom stereocenters. The number of aromatic hydroxyl groups is 1. The summed E-state index contributed by atoms with van der Waals surface area (Å²) in [6.07, 6.45) is 2.55. The van der Waals surface area contributed by atoms with Gasteiger partial charge in [-0.05, 0) is 46.9 Å². The van der Waals surface area contributed by atoms with E-state index in [0.717, 1.165) is 34.4 Å². The summed E-state index contributed by atoms with van der Waals surface area (Å²) in [6, 6.07) is 15.9. The summed E-state index contributed by atoms with van der Waals surface area (Å²) < 4.78 is 1.80. The standard InChI is InChI=1S/C19H20N2O2/c1-2-14-13-17(7-8-19(14)23)15-3-5-16(6-4-15)18-9-10-20-21(18)11-12-22/h3-10,13,22-23H,2,11-12H2,1H3. The Labute approximate surface area is 135 Å². The molecule has 1 aromatic heterocycles. The Bertz CT molecular complexity index is 791. The first-order valence-electron chi connectivity index (χ1n) is 7.78. The van der Waals surface area contributed by atoms with E-state index in [2.05, 4.69) is 29.4 Å². The van der Waals surface area contributed by atoms with Crippen LogP contribution in [0.1, 0.15) is 12.5 Å². The lowest BCUT2D eigenvalue weighted by Crippen LogP contribution is -2.05. The van der Waals surface area contributed by atoms with Gasteiger partial charge in [0, 0.05) is 6.20 Å². The smallest absolute Gasteiger partial charge is 0.118 e. The number of aromatic nitrogens is 2. The second-order valence-corrected chi connectivity index (χ2v) is 5.44. The van der Waals surface area contributed by atoms with E-state index in [4.69, 9.17) is 5.11 Å². The van der Waals surface area contributed by atoms with E-state index in [1.165, 1.54) is 0 Å². The molecular weight excluding hydrogens is 288 g/mol. The van der Waals surface area contributed by atoms with Gasteiger partial charge in [-0.1, -0.05) is 37.3 Å². The van der Waals surface area contributed by atoms with Gasteiger partial charge >= 0.3 is 0 Å². The van der Waals surface area contributed by atoms with Crippen molar-refractivity contribution in [2.45, 2.75) is 19.9 Å². The SMILES string of the molecule is CCc1cc(-c2ccc(-c3ccnn3CCO)cc2)ccc1O. The molecule has 118 valence electrons. The molecule has 0 aliphatic carbocycles. The second-order valence-electron chi connectivity index (χ2n) is 5.44. The van der Waals surface area contributed by atoms with Crippen LogP contribution in [0.5, 0.6) is 5.75 Å². The van der Waals surface area contributed by atoms with Gasteiger partial charge in [0.15, 0.2) is 0 Å². The van der Waals surface area contributed by atoms with E-state index in [0.29, 0.717) is 12.3 Å². The van der Waals surface area contributed by atoms with Gasteiger partial charge in [-0.3, -0.25) is 4.68 Å². The fourth-order valence-corrected chi connectivity index (χ4v) is 2.73. The first-order valence-corrected chi connectivity index (χ1v) is 7.78. The fraction of sp³-hybridized carbons (Fsp3) is 0.211. The normalized spacial score (nSPS) is 10.9. The van der Waals surface area contributed by atoms with Crippen LogP contribution < -0.4 is 0 Å². The van der Waals surface area contributed by atoms with Crippen molar-refractivity contribution in [3.05, 3.63) is 60.3 Å². The molecule has 0 aliphatic rings. The van der Waals surface area contributed by atoms with Crippen molar-refractivity contribution in [1.82, 2.24) is 9.78 Å². The van der Waals surface area contributed by atoms with Crippen LogP contribution >= 0.6 is 0 Å². The van der Waals surface area contributed by atoms with Gasteiger partial charge in [0.25, 0.3) is 0 Å². The van der Waals surface area contributed by atoms with Crippen LogP contribution in [0.25, 0.3) is 22.4 Å². The second kappa shape index (κ2) is 6.67. The summed E-state index contributed by atoms with van der Waals surface area (Å²) in [6.45, 7) is 2.59. The summed E-state index contributed by atoms with van der Waals surface area (Å²) in [4.78, 5) is 0. The number of hydrogen-bond acceptors (Lipinski definition) is 3. The number of aliphatic hydroxyl groups excluding tert-OH is 1. The molecule has 2 aromatic carbocycles. The Balaban J connectivity index is 1.91. The van der Waals surface area contributed by atoms with Gasteiger partial charge in [0.1, 0.15) is 5.75 Å². The molecule has 0 saturated carbocycles. The number of phenols is 1. The monoisotopic (exact) mass is 308 g/mol. The molecule has 0 radical (unpaired) electrons. The lowest BCUT2D eigenvalue weighted by atomic mass is 9.99. The molecular formula is C19H20N2O2. The van der Waals surface area contributed by atoms with E-state index in [9.17, 15) is 5.11 Å². The summed E-state index contributed by atoms with van der Waals surface area (Å²) in [5.74, 6) is 0.348. The Morgan fingerprint density at radius 3 is 2.35 bits per heavy atom. The van der Waals surface area contributed by atoms with E-state index >= 15 is 0 Å². The van der Waals surface area contributed by atoms with Gasteiger partial charge in [0.05, 0.1) is 18.8 Å². The van der Waals surface area contributed by atoms with E-state index < -0.39 is 0 Å². The molecule has 0 unspecified atom stereocenters. The van der Waals surface area contributed by atoms with Crippen LogP contribution in [-0.2, 0) is 13.0 Å². The van der Waals surface area contributed by atoms with Crippen LogP contribution in [0.4, 0.5) is 0 Å². The van der Waals surface area contributed by atoms with E-state index in [-0.39, 0.29) is 6.61 Å². The van der Waals surface area contributed by atoms with Gasteiger partial charge in [-0.25, -0.2) is 0 Å². The number of nitrogens with zero attached hydrogens (tertiary/aromatic N) is 2. The molecule has 0 saturated heterocycles. The molecule has 0 fully saturated rings. The minimum Gasteiger partial charge on any atom is -0.508 e. The maximum absolute atomic E-state index is 9.80. The minimum atomic E-state index is 0.0695. The Morgan fingerprint density at radius 2 is 1.65 bits per heavy atom. The van der Waals surface area contributed by atoms with Crippen molar-refractivity contribution in [3.8, 4) is 28.1 Å². The number of aliphatic hydroxyl groups is 1. The third-order valence-corrected chi connectivity index (χ3v) is 4.00. The average molecular weight is 308 g/mol. The highest BCUT2D eigenvalue weighted by Crippen LogP contribution is 2.28. The van der Waals surface area contributed by atoms with Gasteiger partial charge in [-0.15, -0.1) is 0 Å². The molecule has 4 nitrogen and oxygen atoms in total. The van der Waals surface area contributed by atoms with E-state index in [1.54, 1.807) is 16.9 Å². The summed E-state index contributed by atoms with van der Waals surface area (Å²) in [7, 11) is 0. The minimum absolute atomic E-state index is 0.0695. The highest BCUT2D eigenvalue weighted by atomic mass is 16.3. The zero-order valence-corrected chi connectivity index (χ0v) is 13.1. The third-order valence-electron chi connectivity index (χ3n) is 4.00. The van der Waals surface area contributed by atoms with Gasteiger partial charge in [-0.2, -0.15) is 5.10 Å². The zero-order valence-electron chi connectivity index (χ0n) is 13.1. The average Bonchev–Trinajstić information content (AvgIpc) is 3.04. The number of aryl methyl sites for hydroxylation is 1. The largest absolute Gasteiger partial charge is 0.508 e. The zero-order chi connectivity index (χ0) is 16.2. The number of hydrogen-bond donors (Lipinski definition) is 2. The first-order chi connectivity index (χ1) is 11.2. The van der Waals surface area contributed by atoms with Crippen LogP contribution in [-0.4, -0.2) is 26.6 Å². The molecule has 4 heteroatoms. The number of rotatable bonds is 5. The lowest BCUT2D eigenvalue weighted by Gasteiger charge is -2.09. The van der Waals surface area contributed by atoms with Gasteiger partial charge < -0.3 is 10.2 Å². The van der Waals surface area contributed by atoms with Crippen molar-refractivity contribution in [1.29, 1.82) is 0 Å². The van der Waals surface area contributed by atoms with Crippen LogP contribution in [0.2, 0.25) is 0 Å². The number of benzene rings is 2. The quantitative estimate of drug-likeness (QED) is 0.758. The Kier molecular flexibility index (Phi) is 4.44. The maximum atomic E-state index is 9.80. The summed E-state index contributed by atoms with van der Waals surface area (Å²) in [5, 5.41) is 23.1. The molecule has 0 aliphatic heterocycles. The molecule has 0 spiro atoms. The summed E-state index contributed by atoms with van der Waals surface area (Å²) >= 11 is 0. The predicted octanol–water partition coefficient (Wildman–Crippen LogP) is 3.48. The lowest BCUT2D eigenvalue weighted by molar-refractivity contribution is 0.270. The molecule has 0 bridgehead atoms. The molecule has 23 heavy (non-hydrogen) atoms. The van der Waals surface area contributed by atoms with Crippen molar-refractivity contribution in [3.63, 3.8) is 0 Å². The van der Waals surface area contributed by atoms with Crippen LogP contribution in [0, 0.1) is 0 Å². The molecule has 3 aromatic rings. The van der Waals surface area contributed by atoms with Crippen LogP contribution in [0.3, 0.4) is 0 Å². The highest BCUT2D eigenvalue weighted by Gasteiger charge is 2.07. The Morgan fingerprint density at radius 1 is 0.957 bits per heavy atom. The van der Waals surface area contributed by atoms with Crippen molar-refractivity contribution in [2.24, 2.45) is 0 Å². The Hall–Kier alpha value is -2.59. The fourth-order valence-electron chi connectivity index (χ4n) is 2.73. The number of phenolic OH excluding ortho intramolecular Hbond substituents is 1. The summed E-state index contributed by atoms with van der Waals surface area (Å²) in [5.41, 5.74) is 5.21. The predicted molar refractivity (Wildman–Crippen MR) is 91.2 cm³/mol. The van der Waals surface area contributed by atoms with Crippen molar-refractivity contribution >= 4 is 0 Å². The van der Waals surface area contributed by atoms with Crippen molar-refractivity contribution < 1.29 is 10.2 Å². The van der Waals surface area contributed by atoms with Crippen LogP contribution in [0.15, 0.2) is 54.7 Å². The molecule has 3 rings (SSSR count). The molecule has 0 amide bonds. The molecule has 2 N–H and O–H groups in total.